The van der Waals surface area contributed by atoms with Crippen LogP contribution in [0.5, 0.6) is 0 Å². The van der Waals surface area contributed by atoms with E-state index in [1.54, 1.807) is 4.90 Å². The Kier molecular flexibility index (Phi) is 6.07. The zero-order chi connectivity index (χ0) is 13.5. The van der Waals surface area contributed by atoms with Gasteiger partial charge in [-0.05, 0) is 20.5 Å². The minimum Gasteiger partial charge on any atom is -0.355 e. The predicted molar refractivity (Wildman–Crippen MR) is 70.3 cm³/mol. The van der Waals surface area contributed by atoms with Crippen LogP contribution in [-0.2, 0) is 9.59 Å². The molecule has 0 bridgehead atoms. The number of amides is 2. The van der Waals surface area contributed by atoms with Crippen LogP contribution in [-0.4, -0.2) is 86.9 Å². The number of carbonyl (C=O) groups is 2. The molecule has 0 radical (unpaired) electrons. The van der Waals surface area contributed by atoms with Crippen molar-refractivity contribution in [2.75, 3.05) is 60.4 Å². The maximum absolute atomic E-state index is 11.9. The van der Waals surface area contributed by atoms with Gasteiger partial charge in [-0.1, -0.05) is 0 Å². The molecule has 2 amide bonds. The third-order valence-electron chi connectivity index (χ3n) is 3.10. The average molecular weight is 256 g/mol. The van der Waals surface area contributed by atoms with Crippen molar-refractivity contribution in [2.45, 2.75) is 6.42 Å². The molecule has 6 heteroatoms. The first kappa shape index (κ1) is 14.9. The topological polar surface area (TPSA) is 55.9 Å². The van der Waals surface area contributed by atoms with E-state index in [-0.39, 0.29) is 11.8 Å². The van der Waals surface area contributed by atoms with Gasteiger partial charge in [-0.15, -0.1) is 0 Å². The number of rotatable bonds is 0. The molecule has 1 heterocycles. The van der Waals surface area contributed by atoms with Gasteiger partial charge in [-0.3, -0.25) is 19.4 Å². The molecule has 0 spiro atoms. The predicted octanol–water partition coefficient (Wildman–Crippen LogP) is -1.17. The van der Waals surface area contributed by atoms with Crippen LogP contribution in [0.15, 0.2) is 0 Å². The van der Waals surface area contributed by atoms with E-state index in [0.29, 0.717) is 26.2 Å². The van der Waals surface area contributed by atoms with Crippen molar-refractivity contribution in [2.24, 2.45) is 0 Å². The second-order valence-electron chi connectivity index (χ2n) is 4.99. The van der Waals surface area contributed by atoms with Crippen LogP contribution in [0, 0.1) is 0 Å². The van der Waals surface area contributed by atoms with Crippen LogP contribution in [0.1, 0.15) is 6.42 Å². The Hall–Kier alpha value is -1.14. The van der Waals surface area contributed by atoms with Crippen molar-refractivity contribution >= 4 is 11.8 Å². The third-order valence-corrected chi connectivity index (χ3v) is 3.10. The van der Waals surface area contributed by atoms with Crippen molar-refractivity contribution in [3.63, 3.8) is 0 Å². The summed E-state index contributed by atoms with van der Waals surface area (Å²) in [7, 11) is 5.66. The van der Waals surface area contributed by atoms with E-state index < -0.39 is 0 Å². The second-order valence-corrected chi connectivity index (χ2v) is 4.99. The Morgan fingerprint density at radius 2 is 1.56 bits per heavy atom. The first-order valence-electron chi connectivity index (χ1n) is 6.37. The third kappa shape index (κ3) is 5.46. The molecule has 1 aliphatic rings. The smallest absolute Gasteiger partial charge is 0.236 e. The lowest BCUT2D eigenvalue weighted by atomic mass is 10.3. The van der Waals surface area contributed by atoms with Gasteiger partial charge in [0.2, 0.25) is 11.8 Å². The molecule has 1 rings (SSSR count). The molecule has 6 nitrogen and oxygen atoms in total. The zero-order valence-corrected chi connectivity index (χ0v) is 11.6. The average Bonchev–Trinajstić information content (AvgIpc) is 2.31. The Morgan fingerprint density at radius 1 is 0.944 bits per heavy atom. The largest absolute Gasteiger partial charge is 0.355 e. The Labute approximate surface area is 109 Å². The lowest BCUT2D eigenvalue weighted by Gasteiger charge is -2.23. The highest BCUT2D eigenvalue weighted by Crippen LogP contribution is 1.94. The SMILES string of the molecule is CN1CCN(C)CC(=O)N(C)CCCNC(=O)C1. The minimum absolute atomic E-state index is 0.0494. The van der Waals surface area contributed by atoms with E-state index in [9.17, 15) is 9.59 Å². The summed E-state index contributed by atoms with van der Waals surface area (Å²) in [6, 6.07) is 0. The lowest BCUT2D eigenvalue weighted by molar-refractivity contribution is -0.130. The lowest BCUT2D eigenvalue weighted by Crippen LogP contribution is -2.40. The van der Waals surface area contributed by atoms with Crippen LogP contribution in [0.4, 0.5) is 0 Å². The molecule has 0 aliphatic carbocycles. The molecule has 0 aromatic rings. The number of carbonyl (C=O) groups excluding carboxylic acids is 2. The molecule has 1 saturated heterocycles. The summed E-state index contributed by atoms with van der Waals surface area (Å²) in [6.07, 6.45) is 0.793. The van der Waals surface area contributed by atoms with Crippen molar-refractivity contribution < 1.29 is 9.59 Å². The summed E-state index contributed by atoms with van der Waals surface area (Å²) in [5.74, 6) is 0.180. The Bertz CT molecular complexity index is 296. The van der Waals surface area contributed by atoms with Crippen LogP contribution in [0.25, 0.3) is 0 Å². The summed E-state index contributed by atoms with van der Waals surface area (Å²) in [6.45, 7) is 3.72. The quantitative estimate of drug-likeness (QED) is 0.593. The van der Waals surface area contributed by atoms with Crippen molar-refractivity contribution in [1.29, 1.82) is 0 Å². The molecule has 0 aromatic carbocycles. The van der Waals surface area contributed by atoms with Crippen LogP contribution >= 0.6 is 0 Å². The fourth-order valence-electron chi connectivity index (χ4n) is 1.82. The van der Waals surface area contributed by atoms with E-state index in [1.165, 1.54) is 0 Å². The number of nitrogens with one attached hydrogen (secondary N) is 1. The minimum atomic E-state index is 0.0494. The molecule has 104 valence electrons. The number of nitrogens with zero attached hydrogens (tertiary/aromatic N) is 3. The molecule has 1 fully saturated rings. The molecule has 18 heavy (non-hydrogen) atoms. The van der Waals surface area contributed by atoms with Crippen LogP contribution in [0.3, 0.4) is 0 Å². The molecule has 1 aliphatic heterocycles. The maximum atomic E-state index is 11.9. The van der Waals surface area contributed by atoms with Gasteiger partial charge in [-0.25, -0.2) is 0 Å². The molecule has 0 saturated carbocycles. The second kappa shape index (κ2) is 7.33. The van der Waals surface area contributed by atoms with Gasteiger partial charge in [0.15, 0.2) is 0 Å². The Balaban J connectivity index is 2.55. The fourth-order valence-corrected chi connectivity index (χ4v) is 1.82. The summed E-state index contributed by atoms with van der Waals surface area (Å²) in [4.78, 5) is 29.1. The molecule has 1 N–H and O–H groups in total. The summed E-state index contributed by atoms with van der Waals surface area (Å²) in [5.41, 5.74) is 0. The Morgan fingerprint density at radius 3 is 2.22 bits per heavy atom. The van der Waals surface area contributed by atoms with Crippen LogP contribution in [0.2, 0.25) is 0 Å². The van der Waals surface area contributed by atoms with E-state index in [2.05, 4.69) is 5.32 Å². The van der Waals surface area contributed by atoms with Gasteiger partial charge < -0.3 is 10.2 Å². The van der Waals surface area contributed by atoms with Gasteiger partial charge in [-0.2, -0.15) is 0 Å². The monoisotopic (exact) mass is 256 g/mol. The summed E-state index contributed by atoms with van der Waals surface area (Å²) < 4.78 is 0. The highest BCUT2D eigenvalue weighted by molar-refractivity contribution is 5.78. The highest BCUT2D eigenvalue weighted by Gasteiger charge is 2.14. The first-order valence-corrected chi connectivity index (χ1v) is 6.37. The number of hydrogen-bond acceptors (Lipinski definition) is 4. The van der Waals surface area contributed by atoms with Crippen molar-refractivity contribution in [3.05, 3.63) is 0 Å². The maximum Gasteiger partial charge on any atom is 0.236 e. The molecular formula is C12H24N4O2. The van der Waals surface area contributed by atoms with Gasteiger partial charge in [0.1, 0.15) is 0 Å². The van der Waals surface area contributed by atoms with Gasteiger partial charge in [0.25, 0.3) is 0 Å². The first-order chi connectivity index (χ1) is 8.49. The summed E-state index contributed by atoms with van der Waals surface area (Å²) in [5, 5.41) is 2.87. The molecular weight excluding hydrogens is 232 g/mol. The van der Waals surface area contributed by atoms with Crippen LogP contribution < -0.4 is 5.32 Å². The standard InChI is InChI=1S/C12H24N4O2/c1-14-7-8-15(2)10-12(18)16(3)6-4-5-13-11(17)9-14/h4-10H2,1-3H3,(H,13,17). The van der Waals surface area contributed by atoms with Gasteiger partial charge >= 0.3 is 0 Å². The van der Waals surface area contributed by atoms with E-state index in [1.807, 2.05) is 30.9 Å². The van der Waals surface area contributed by atoms with Gasteiger partial charge in [0, 0.05) is 33.2 Å². The van der Waals surface area contributed by atoms with Crippen molar-refractivity contribution in [3.8, 4) is 0 Å². The molecule has 0 atom stereocenters. The molecule has 0 aromatic heterocycles. The summed E-state index contributed by atoms with van der Waals surface area (Å²) >= 11 is 0. The zero-order valence-electron chi connectivity index (χ0n) is 11.6. The van der Waals surface area contributed by atoms with Crippen molar-refractivity contribution in [1.82, 2.24) is 20.0 Å². The highest BCUT2D eigenvalue weighted by atomic mass is 16.2. The van der Waals surface area contributed by atoms with Gasteiger partial charge in [0.05, 0.1) is 13.1 Å². The number of likely N-dealkylation sites (N-methyl/N-ethyl adjacent to an activating group) is 3. The van der Waals surface area contributed by atoms with E-state index >= 15 is 0 Å². The molecule has 0 unspecified atom stereocenters. The fraction of sp³-hybridized carbons (Fsp3) is 0.833. The van der Waals surface area contributed by atoms with E-state index in [0.717, 1.165) is 19.5 Å². The normalized spacial score (nSPS) is 22.9. The van der Waals surface area contributed by atoms with E-state index in [4.69, 9.17) is 0 Å². The number of hydrogen-bond donors (Lipinski definition) is 1.